The van der Waals surface area contributed by atoms with Gasteiger partial charge in [0.1, 0.15) is 21.8 Å². The fraction of sp³-hybridized carbons (Fsp3) is 0.542. The van der Waals surface area contributed by atoms with Gasteiger partial charge in [0.2, 0.25) is 0 Å². The van der Waals surface area contributed by atoms with E-state index in [0.29, 0.717) is 33.3 Å². The first-order valence-electron chi connectivity index (χ1n) is 11.7. The van der Waals surface area contributed by atoms with E-state index in [1.165, 1.54) is 16.7 Å². The zero-order valence-electron chi connectivity index (χ0n) is 19.6. The summed E-state index contributed by atoms with van der Waals surface area (Å²) in [6.45, 7) is 6.10. The number of nitrogens with zero attached hydrogens (tertiary/aromatic N) is 4. The standard InChI is InChI=1S/C24H30N4O4S2/c1-3-10-27-21(26-11-6-4-5-7-12-26)17(16(2)18(15-25)22(27)31)14-19-23(32)28(24(33)34-19)13-8-9-20(29)30/h14H,3-13H2,1-2H3,(H,29,30)/b19-14+. The number of hydrogen-bond acceptors (Lipinski definition) is 7. The number of thiocarbonyl (C=S) groups is 1. The number of thioether (sulfide) groups is 1. The van der Waals surface area contributed by atoms with Crippen molar-refractivity contribution in [3.05, 3.63) is 31.9 Å². The first-order chi connectivity index (χ1) is 16.3. The first kappa shape index (κ1) is 26.0. The number of amides is 1. The maximum absolute atomic E-state index is 13.2. The largest absolute Gasteiger partial charge is 0.481 e. The van der Waals surface area contributed by atoms with Crippen LogP contribution in [0.3, 0.4) is 0 Å². The van der Waals surface area contributed by atoms with Crippen molar-refractivity contribution in [3.8, 4) is 6.07 Å². The van der Waals surface area contributed by atoms with Gasteiger partial charge in [-0.2, -0.15) is 5.26 Å². The molecule has 0 aromatic carbocycles. The van der Waals surface area contributed by atoms with Crippen molar-refractivity contribution in [3.63, 3.8) is 0 Å². The van der Waals surface area contributed by atoms with E-state index >= 15 is 0 Å². The Morgan fingerprint density at radius 1 is 1.21 bits per heavy atom. The minimum atomic E-state index is -0.916. The molecule has 0 bridgehead atoms. The zero-order valence-corrected chi connectivity index (χ0v) is 21.3. The van der Waals surface area contributed by atoms with Crippen molar-refractivity contribution in [2.45, 2.75) is 65.3 Å². The van der Waals surface area contributed by atoms with Gasteiger partial charge in [0, 0.05) is 38.2 Å². The number of carbonyl (C=O) groups is 2. The van der Waals surface area contributed by atoms with Crippen LogP contribution in [-0.4, -0.2) is 50.4 Å². The summed E-state index contributed by atoms with van der Waals surface area (Å²) < 4.78 is 2.08. The summed E-state index contributed by atoms with van der Waals surface area (Å²) in [5, 5.41) is 18.7. The minimum Gasteiger partial charge on any atom is -0.481 e. The molecular weight excluding hydrogens is 472 g/mol. The molecule has 0 aliphatic carbocycles. The average Bonchev–Trinajstić information content (AvgIpc) is 2.97. The van der Waals surface area contributed by atoms with Gasteiger partial charge in [-0.25, -0.2) is 0 Å². The van der Waals surface area contributed by atoms with Crippen LogP contribution < -0.4 is 10.5 Å². The van der Waals surface area contributed by atoms with Gasteiger partial charge in [0.15, 0.2) is 0 Å². The van der Waals surface area contributed by atoms with Gasteiger partial charge in [-0.1, -0.05) is 43.7 Å². The lowest BCUT2D eigenvalue weighted by Gasteiger charge is -2.29. The Morgan fingerprint density at radius 3 is 2.47 bits per heavy atom. The van der Waals surface area contributed by atoms with Crippen LogP contribution in [0.25, 0.3) is 6.08 Å². The van der Waals surface area contributed by atoms with Crippen molar-refractivity contribution < 1.29 is 14.7 Å². The molecule has 1 amide bonds. The van der Waals surface area contributed by atoms with E-state index in [0.717, 1.165) is 51.0 Å². The Balaban J connectivity index is 2.12. The van der Waals surface area contributed by atoms with Crippen LogP contribution in [0.5, 0.6) is 0 Å². The number of carboxylic acids is 1. The van der Waals surface area contributed by atoms with Crippen molar-refractivity contribution in [1.29, 1.82) is 5.26 Å². The third-order valence-electron chi connectivity index (χ3n) is 6.12. The van der Waals surface area contributed by atoms with E-state index in [1.807, 2.05) is 6.92 Å². The topological polar surface area (TPSA) is 107 Å². The summed E-state index contributed by atoms with van der Waals surface area (Å²) in [4.78, 5) is 41.3. The van der Waals surface area contributed by atoms with Gasteiger partial charge >= 0.3 is 5.97 Å². The first-order valence-corrected chi connectivity index (χ1v) is 12.9. The molecule has 0 spiro atoms. The van der Waals surface area contributed by atoms with Crippen LogP contribution in [0.2, 0.25) is 0 Å². The molecule has 182 valence electrons. The number of anilines is 1. The second-order valence-corrected chi connectivity index (χ2v) is 10.2. The van der Waals surface area contributed by atoms with Crippen LogP contribution >= 0.6 is 24.0 Å². The Labute approximate surface area is 209 Å². The maximum Gasteiger partial charge on any atom is 0.303 e. The molecule has 3 heterocycles. The van der Waals surface area contributed by atoms with Crippen molar-refractivity contribution >= 4 is 52.1 Å². The van der Waals surface area contributed by atoms with E-state index in [4.69, 9.17) is 17.3 Å². The third kappa shape index (κ3) is 5.53. The Kier molecular flexibility index (Phi) is 8.91. The van der Waals surface area contributed by atoms with Gasteiger partial charge in [-0.15, -0.1) is 0 Å². The molecule has 0 radical (unpaired) electrons. The highest BCUT2D eigenvalue weighted by Crippen LogP contribution is 2.36. The molecule has 0 unspecified atom stereocenters. The van der Waals surface area contributed by atoms with E-state index in [-0.39, 0.29) is 30.0 Å². The highest BCUT2D eigenvalue weighted by atomic mass is 32.2. The van der Waals surface area contributed by atoms with Crippen LogP contribution in [0, 0.1) is 18.3 Å². The van der Waals surface area contributed by atoms with Crippen LogP contribution in [-0.2, 0) is 16.1 Å². The number of rotatable bonds is 8. The van der Waals surface area contributed by atoms with Crippen molar-refractivity contribution in [1.82, 2.24) is 9.47 Å². The number of carboxylic acid groups (broad SMARTS) is 1. The quantitative estimate of drug-likeness (QED) is 0.422. The molecule has 8 nitrogen and oxygen atoms in total. The third-order valence-corrected chi connectivity index (χ3v) is 7.50. The summed E-state index contributed by atoms with van der Waals surface area (Å²) in [6, 6.07) is 2.07. The molecule has 2 aliphatic rings. The highest BCUT2D eigenvalue weighted by molar-refractivity contribution is 8.26. The monoisotopic (exact) mass is 502 g/mol. The SMILES string of the molecule is CCCn1c(N2CCCCCC2)c(/C=C2/SC(=S)N(CCCC(=O)O)C2=O)c(C)c(C#N)c1=O. The zero-order chi connectivity index (χ0) is 24.8. The normalized spacial score (nSPS) is 17.9. The van der Waals surface area contributed by atoms with Gasteiger partial charge in [-0.3, -0.25) is 23.9 Å². The molecule has 2 aliphatic heterocycles. The molecule has 2 saturated heterocycles. The summed E-state index contributed by atoms with van der Waals surface area (Å²) in [7, 11) is 0. The molecule has 0 atom stereocenters. The van der Waals surface area contributed by atoms with E-state index < -0.39 is 5.97 Å². The molecular formula is C24H30N4O4S2. The minimum absolute atomic E-state index is 0.0398. The molecule has 2 fully saturated rings. The molecule has 0 saturated carbocycles. The van der Waals surface area contributed by atoms with E-state index in [2.05, 4.69) is 11.0 Å². The number of pyridine rings is 1. The summed E-state index contributed by atoms with van der Waals surface area (Å²) in [5.74, 6) is -0.421. The smallest absolute Gasteiger partial charge is 0.303 e. The van der Waals surface area contributed by atoms with Crippen LogP contribution in [0.1, 0.15) is 68.6 Å². The van der Waals surface area contributed by atoms with E-state index in [9.17, 15) is 19.6 Å². The number of carbonyl (C=O) groups excluding carboxylic acids is 1. The van der Waals surface area contributed by atoms with Gasteiger partial charge in [0.05, 0.1) is 4.91 Å². The van der Waals surface area contributed by atoms with Gasteiger partial charge < -0.3 is 10.0 Å². The predicted octanol–water partition coefficient (Wildman–Crippen LogP) is 3.88. The van der Waals surface area contributed by atoms with Crippen molar-refractivity contribution in [2.24, 2.45) is 0 Å². The Hall–Kier alpha value is -2.64. The lowest BCUT2D eigenvalue weighted by atomic mass is 10.0. The lowest BCUT2D eigenvalue weighted by molar-refractivity contribution is -0.137. The highest BCUT2D eigenvalue weighted by Gasteiger charge is 2.33. The predicted molar refractivity (Wildman–Crippen MR) is 138 cm³/mol. The molecule has 1 aromatic rings. The summed E-state index contributed by atoms with van der Waals surface area (Å²) in [5.41, 5.74) is 1.07. The molecule has 10 heteroatoms. The molecule has 3 rings (SSSR count). The number of aliphatic carboxylic acids is 1. The summed E-state index contributed by atoms with van der Waals surface area (Å²) >= 11 is 6.57. The Morgan fingerprint density at radius 2 is 1.88 bits per heavy atom. The number of aromatic nitrogens is 1. The second kappa shape index (κ2) is 11.7. The maximum atomic E-state index is 13.2. The Bertz CT molecular complexity index is 1110. The van der Waals surface area contributed by atoms with Gasteiger partial charge in [-0.05, 0) is 44.2 Å². The average molecular weight is 503 g/mol. The van der Waals surface area contributed by atoms with E-state index in [1.54, 1.807) is 17.6 Å². The van der Waals surface area contributed by atoms with Crippen LogP contribution in [0.15, 0.2) is 9.70 Å². The lowest BCUT2D eigenvalue weighted by Crippen LogP contribution is -2.35. The second-order valence-electron chi connectivity index (χ2n) is 8.54. The number of nitriles is 1. The van der Waals surface area contributed by atoms with Gasteiger partial charge in [0.25, 0.3) is 11.5 Å². The summed E-state index contributed by atoms with van der Waals surface area (Å²) in [6.07, 6.45) is 7.07. The number of hydrogen-bond donors (Lipinski definition) is 1. The molecule has 34 heavy (non-hydrogen) atoms. The van der Waals surface area contributed by atoms with Crippen molar-refractivity contribution in [2.75, 3.05) is 24.5 Å². The fourth-order valence-electron chi connectivity index (χ4n) is 4.41. The molecule has 1 N–H and O–H groups in total. The fourth-order valence-corrected chi connectivity index (χ4v) is 5.70. The molecule has 1 aromatic heterocycles. The van der Waals surface area contributed by atoms with Crippen LogP contribution in [0.4, 0.5) is 5.82 Å².